The molecule has 0 spiro atoms. The Morgan fingerprint density at radius 2 is 1.72 bits per heavy atom. The molecule has 18 heavy (non-hydrogen) atoms. The van der Waals surface area contributed by atoms with Gasteiger partial charge in [-0.2, -0.15) is 0 Å². The summed E-state index contributed by atoms with van der Waals surface area (Å²) < 4.78 is 5.41. The van der Waals surface area contributed by atoms with Gasteiger partial charge in [0, 0.05) is 0 Å². The monoisotopic (exact) mass is 264 g/mol. The molecular weight excluding hydrogens is 240 g/mol. The van der Waals surface area contributed by atoms with Crippen LogP contribution in [-0.2, 0) is 4.74 Å². The van der Waals surface area contributed by atoms with Gasteiger partial charge in [-0.05, 0) is 16.7 Å². The van der Waals surface area contributed by atoms with Crippen molar-refractivity contribution in [1.82, 2.24) is 0 Å². The average molecular weight is 264 g/mol. The maximum absolute atomic E-state index is 12.2. The molecule has 100 valence electrons. The first kappa shape index (κ1) is 15.0. The van der Waals surface area contributed by atoms with E-state index in [0.29, 0.717) is 6.61 Å². The Hall–Kier alpha value is -1.09. The molecule has 0 aliphatic rings. The van der Waals surface area contributed by atoms with Gasteiger partial charge in [-0.1, -0.05) is 58.6 Å². The molecule has 1 aromatic rings. The third kappa shape index (κ3) is 4.30. The molecule has 1 aromatic carbocycles. The van der Waals surface area contributed by atoms with Crippen LogP contribution in [0.2, 0.25) is 19.6 Å². The number of hydrogen-bond donors (Lipinski definition) is 0. The smallest absolute Gasteiger partial charge is 0.338 e. The van der Waals surface area contributed by atoms with Crippen molar-refractivity contribution < 1.29 is 9.53 Å². The van der Waals surface area contributed by atoms with E-state index < -0.39 is 8.07 Å². The number of esters is 1. The number of rotatable bonds is 3. The summed E-state index contributed by atoms with van der Waals surface area (Å²) >= 11 is 0. The minimum absolute atomic E-state index is 0.00373. The van der Waals surface area contributed by atoms with Crippen molar-refractivity contribution in [3.05, 3.63) is 29.8 Å². The predicted octanol–water partition coefficient (Wildman–Crippen LogP) is 3.43. The SMILES string of the molecule is CC(C)(C)COC(=O)c1ccccc1[Si](C)(C)C. The molecule has 0 atom stereocenters. The van der Waals surface area contributed by atoms with Gasteiger partial charge in [-0.15, -0.1) is 0 Å². The largest absolute Gasteiger partial charge is 0.462 e. The Balaban J connectivity index is 2.93. The van der Waals surface area contributed by atoms with E-state index in [1.165, 1.54) is 5.19 Å². The summed E-state index contributed by atoms with van der Waals surface area (Å²) in [6.45, 7) is 13.3. The molecule has 0 radical (unpaired) electrons. The number of hydrogen-bond acceptors (Lipinski definition) is 2. The summed E-state index contributed by atoms with van der Waals surface area (Å²) in [6.07, 6.45) is 0. The second-order valence-electron chi connectivity index (χ2n) is 6.93. The van der Waals surface area contributed by atoms with Gasteiger partial charge in [0.25, 0.3) is 0 Å². The fraction of sp³-hybridized carbons (Fsp3) is 0.533. The number of benzene rings is 1. The Morgan fingerprint density at radius 3 is 2.22 bits per heavy atom. The number of ether oxygens (including phenoxy) is 1. The molecule has 0 aliphatic heterocycles. The second-order valence-corrected chi connectivity index (χ2v) is 12.0. The fourth-order valence-corrected chi connectivity index (χ4v) is 3.26. The van der Waals surface area contributed by atoms with E-state index in [2.05, 4.69) is 46.5 Å². The zero-order valence-corrected chi connectivity index (χ0v) is 13.3. The van der Waals surface area contributed by atoms with Crippen molar-refractivity contribution in [3.63, 3.8) is 0 Å². The van der Waals surface area contributed by atoms with Crippen molar-refractivity contribution in [3.8, 4) is 0 Å². The van der Waals surface area contributed by atoms with Crippen LogP contribution in [0, 0.1) is 5.41 Å². The lowest BCUT2D eigenvalue weighted by Crippen LogP contribution is -2.41. The van der Waals surface area contributed by atoms with Crippen molar-refractivity contribution >= 4 is 19.2 Å². The Labute approximate surface area is 111 Å². The molecule has 1 rings (SSSR count). The lowest BCUT2D eigenvalue weighted by Gasteiger charge is -2.22. The van der Waals surface area contributed by atoms with Gasteiger partial charge < -0.3 is 4.74 Å². The van der Waals surface area contributed by atoms with Crippen LogP contribution in [0.5, 0.6) is 0 Å². The van der Waals surface area contributed by atoms with Crippen LogP contribution in [-0.4, -0.2) is 20.7 Å². The van der Waals surface area contributed by atoms with Gasteiger partial charge in [-0.25, -0.2) is 4.79 Å². The summed E-state index contributed by atoms with van der Waals surface area (Å²) in [5.74, 6) is -0.192. The van der Waals surface area contributed by atoms with Gasteiger partial charge in [0.15, 0.2) is 0 Å². The second kappa shape index (κ2) is 5.27. The number of carbonyl (C=O) groups excluding carboxylic acids is 1. The van der Waals surface area contributed by atoms with Crippen LogP contribution in [0.4, 0.5) is 0 Å². The average Bonchev–Trinajstić information content (AvgIpc) is 2.24. The summed E-state index contributed by atoms with van der Waals surface area (Å²) in [5.41, 5.74) is 0.741. The molecule has 0 aromatic heterocycles. The van der Waals surface area contributed by atoms with E-state index in [4.69, 9.17) is 4.74 Å². The molecular formula is C15H24O2Si. The van der Waals surface area contributed by atoms with E-state index in [9.17, 15) is 4.79 Å². The van der Waals surface area contributed by atoms with Crippen molar-refractivity contribution in [2.75, 3.05) is 6.61 Å². The minimum Gasteiger partial charge on any atom is -0.462 e. The molecule has 0 heterocycles. The van der Waals surface area contributed by atoms with E-state index >= 15 is 0 Å². The summed E-state index contributed by atoms with van der Waals surface area (Å²) in [7, 11) is -1.52. The maximum Gasteiger partial charge on any atom is 0.338 e. The van der Waals surface area contributed by atoms with Gasteiger partial charge >= 0.3 is 5.97 Å². The highest BCUT2D eigenvalue weighted by Gasteiger charge is 2.24. The maximum atomic E-state index is 12.2. The Morgan fingerprint density at radius 1 is 1.17 bits per heavy atom. The number of carbonyl (C=O) groups is 1. The first-order chi connectivity index (χ1) is 8.11. The van der Waals surface area contributed by atoms with Gasteiger partial charge in [0.05, 0.1) is 20.2 Å². The zero-order chi connectivity index (χ0) is 14.0. The highest BCUT2D eigenvalue weighted by Crippen LogP contribution is 2.15. The zero-order valence-electron chi connectivity index (χ0n) is 12.3. The molecule has 0 aliphatic carbocycles. The Bertz CT molecular complexity index is 425. The summed E-state index contributed by atoms with van der Waals surface area (Å²) in [6, 6.07) is 7.82. The summed E-state index contributed by atoms with van der Waals surface area (Å²) in [4.78, 5) is 12.2. The van der Waals surface area contributed by atoms with Crippen molar-refractivity contribution in [2.24, 2.45) is 5.41 Å². The van der Waals surface area contributed by atoms with Crippen LogP contribution < -0.4 is 5.19 Å². The molecule has 0 amide bonds. The third-order valence-corrected chi connectivity index (χ3v) is 4.64. The van der Waals surface area contributed by atoms with Gasteiger partial charge in [0.1, 0.15) is 0 Å². The molecule has 3 heteroatoms. The lowest BCUT2D eigenvalue weighted by molar-refractivity contribution is 0.0368. The predicted molar refractivity (Wildman–Crippen MR) is 79.2 cm³/mol. The van der Waals surface area contributed by atoms with Crippen LogP contribution in [0.15, 0.2) is 24.3 Å². The van der Waals surface area contributed by atoms with E-state index in [1.54, 1.807) is 0 Å². The highest BCUT2D eigenvalue weighted by molar-refractivity contribution is 6.89. The molecule has 0 bridgehead atoms. The first-order valence-corrected chi connectivity index (χ1v) is 9.88. The standard InChI is InChI=1S/C15H24O2Si/c1-15(2,3)11-17-14(16)12-9-7-8-10-13(12)18(4,5)6/h7-10H,11H2,1-6H3. The van der Waals surface area contributed by atoms with Gasteiger partial charge in [0.2, 0.25) is 0 Å². The van der Waals surface area contributed by atoms with Crippen LogP contribution >= 0.6 is 0 Å². The fourth-order valence-electron chi connectivity index (χ4n) is 1.67. The molecule has 0 unspecified atom stereocenters. The minimum atomic E-state index is -1.52. The quantitative estimate of drug-likeness (QED) is 0.617. The van der Waals surface area contributed by atoms with Crippen LogP contribution in [0.25, 0.3) is 0 Å². The van der Waals surface area contributed by atoms with Gasteiger partial charge in [-0.3, -0.25) is 0 Å². The Kier molecular flexibility index (Phi) is 4.38. The summed E-state index contributed by atoms with van der Waals surface area (Å²) in [5, 5.41) is 1.17. The normalized spacial score (nSPS) is 12.3. The topological polar surface area (TPSA) is 26.3 Å². The van der Waals surface area contributed by atoms with Crippen LogP contribution in [0.1, 0.15) is 31.1 Å². The lowest BCUT2D eigenvalue weighted by atomic mass is 9.99. The molecule has 0 saturated heterocycles. The highest BCUT2D eigenvalue weighted by atomic mass is 28.3. The third-order valence-electron chi connectivity index (χ3n) is 2.59. The van der Waals surface area contributed by atoms with E-state index in [1.807, 2.05) is 18.2 Å². The molecule has 0 fully saturated rings. The molecule has 0 N–H and O–H groups in total. The van der Waals surface area contributed by atoms with Crippen molar-refractivity contribution in [2.45, 2.75) is 40.4 Å². The molecule has 0 saturated carbocycles. The van der Waals surface area contributed by atoms with Crippen molar-refractivity contribution in [1.29, 1.82) is 0 Å². The van der Waals surface area contributed by atoms with E-state index in [0.717, 1.165) is 5.56 Å². The van der Waals surface area contributed by atoms with E-state index in [-0.39, 0.29) is 11.4 Å². The van der Waals surface area contributed by atoms with Crippen LogP contribution in [0.3, 0.4) is 0 Å². The molecule has 2 nitrogen and oxygen atoms in total. The first-order valence-electron chi connectivity index (χ1n) is 6.38.